The Morgan fingerprint density at radius 3 is 2.75 bits per heavy atom. The standard InChI is InChI=1S/C13H17F2NO3S/c14-13(15)19-12-4-2-1-3-11(12)8-16-7-10-5-6-20(17,18)9-10/h1-4,10,13,16H,5-9H2. The molecule has 1 atom stereocenters. The summed E-state index contributed by atoms with van der Waals surface area (Å²) in [5, 5.41) is 3.11. The average molecular weight is 305 g/mol. The molecule has 2 rings (SSSR count). The summed E-state index contributed by atoms with van der Waals surface area (Å²) in [4.78, 5) is 0. The molecule has 4 nitrogen and oxygen atoms in total. The second kappa shape index (κ2) is 6.49. The van der Waals surface area contributed by atoms with Gasteiger partial charge in [0.25, 0.3) is 0 Å². The summed E-state index contributed by atoms with van der Waals surface area (Å²) in [6.07, 6.45) is 0.657. The van der Waals surface area contributed by atoms with E-state index in [9.17, 15) is 17.2 Å². The predicted molar refractivity (Wildman–Crippen MR) is 71.5 cm³/mol. The van der Waals surface area contributed by atoms with Gasteiger partial charge < -0.3 is 10.1 Å². The van der Waals surface area contributed by atoms with Crippen molar-refractivity contribution in [3.63, 3.8) is 0 Å². The maximum Gasteiger partial charge on any atom is 0.387 e. The molecular formula is C13H17F2NO3S. The molecule has 0 aromatic heterocycles. The first kappa shape index (κ1) is 15.2. The topological polar surface area (TPSA) is 55.4 Å². The normalized spacial score (nSPS) is 21.2. The average Bonchev–Trinajstić information content (AvgIpc) is 2.70. The van der Waals surface area contributed by atoms with Gasteiger partial charge in [0.2, 0.25) is 0 Å². The minimum absolute atomic E-state index is 0.100. The van der Waals surface area contributed by atoms with Gasteiger partial charge in [0.1, 0.15) is 5.75 Å². The van der Waals surface area contributed by atoms with Crippen molar-refractivity contribution in [2.45, 2.75) is 19.6 Å². The minimum atomic E-state index is -2.88. The lowest BCUT2D eigenvalue weighted by atomic mass is 10.1. The lowest BCUT2D eigenvalue weighted by molar-refractivity contribution is -0.0505. The van der Waals surface area contributed by atoms with E-state index in [1.54, 1.807) is 18.2 Å². The Kier molecular flexibility index (Phi) is 4.93. The zero-order chi connectivity index (χ0) is 14.6. The van der Waals surface area contributed by atoms with Crippen molar-refractivity contribution in [1.29, 1.82) is 0 Å². The molecule has 7 heteroatoms. The summed E-state index contributed by atoms with van der Waals surface area (Å²) < 4.78 is 51.6. The van der Waals surface area contributed by atoms with Crippen molar-refractivity contribution in [2.75, 3.05) is 18.1 Å². The van der Waals surface area contributed by atoms with Gasteiger partial charge in [0.05, 0.1) is 11.5 Å². The molecule has 0 aliphatic carbocycles. The molecule has 1 aromatic carbocycles. The fourth-order valence-corrected chi connectivity index (χ4v) is 4.17. The third-order valence-corrected chi connectivity index (χ3v) is 5.10. The van der Waals surface area contributed by atoms with Crippen LogP contribution >= 0.6 is 0 Å². The highest BCUT2D eigenvalue weighted by Crippen LogP contribution is 2.21. The number of para-hydroxylation sites is 1. The van der Waals surface area contributed by atoms with Crippen molar-refractivity contribution in [3.8, 4) is 5.75 Å². The highest BCUT2D eigenvalue weighted by molar-refractivity contribution is 7.91. The van der Waals surface area contributed by atoms with Crippen LogP contribution in [-0.2, 0) is 16.4 Å². The molecule has 1 unspecified atom stereocenters. The third-order valence-electron chi connectivity index (χ3n) is 3.26. The van der Waals surface area contributed by atoms with E-state index in [1.807, 2.05) is 0 Å². The summed E-state index contributed by atoms with van der Waals surface area (Å²) in [6, 6.07) is 6.57. The van der Waals surface area contributed by atoms with E-state index in [4.69, 9.17) is 0 Å². The molecule has 1 fully saturated rings. The van der Waals surface area contributed by atoms with Crippen molar-refractivity contribution >= 4 is 9.84 Å². The molecule has 1 saturated heterocycles. The number of nitrogens with one attached hydrogen (secondary N) is 1. The van der Waals surface area contributed by atoms with E-state index in [2.05, 4.69) is 10.1 Å². The number of halogens is 2. The summed E-state index contributed by atoms with van der Waals surface area (Å²) >= 11 is 0. The SMILES string of the molecule is O=S1(=O)CCC(CNCc2ccccc2OC(F)F)C1. The van der Waals surface area contributed by atoms with E-state index in [1.165, 1.54) is 6.07 Å². The molecule has 1 heterocycles. The van der Waals surface area contributed by atoms with Crippen molar-refractivity contribution in [3.05, 3.63) is 29.8 Å². The summed E-state index contributed by atoms with van der Waals surface area (Å²) in [5.74, 6) is 0.691. The molecule has 0 spiro atoms. The number of hydrogen-bond acceptors (Lipinski definition) is 4. The second-order valence-electron chi connectivity index (χ2n) is 4.89. The second-order valence-corrected chi connectivity index (χ2v) is 7.11. The largest absolute Gasteiger partial charge is 0.434 e. The Balaban J connectivity index is 1.85. The van der Waals surface area contributed by atoms with Crippen molar-refractivity contribution in [1.82, 2.24) is 5.32 Å². The number of rotatable bonds is 6. The molecule has 1 aliphatic heterocycles. The zero-order valence-corrected chi connectivity index (χ0v) is 11.7. The first-order valence-electron chi connectivity index (χ1n) is 6.40. The number of ether oxygens (including phenoxy) is 1. The van der Waals surface area contributed by atoms with Gasteiger partial charge in [-0.3, -0.25) is 0 Å². The number of alkyl halides is 2. The number of benzene rings is 1. The van der Waals surface area contributed by atoms with Crippen LogP contribution in [0.1, 0.15) is 12.0 Å². The smallest absolute Gasteiger partial charge is 0.387 e. The maximum atomic E-state index is 12.2. The zero-order valence-electron chi connectivity index (χ0n) is 10.9. The van der Waals surface area contributed by atoms with Gasteiger partial charge in [-0.15, -0.1) is 0 Å². The van der Waals surface area contributed by atoms with Crippen LogP contribution < -0.4 is 10.1 Å². The molecule has 0 amide bonds. The van der Waals surface area contributed by atoms with Gasteiger partial charge in [0.15, 0.2) is 9.84 Å². The molecule has 1 aliphatic rings. The monoisotopic (exact) mass is 305 g/mol. The Morgan fingerprint density at radius 1 is 1.35 bits per heavy atom. The predicted octanol–water partition coefficient (Wildman–Crippen LogP) is 1.81. The molecule has 1 N–H and O–H groups in total. The molecule has 112 valence electrons. The lowest BCUT2D eigenvalue weighted by Crippen LogP contribution is -2.23. The van der Waals surface area contributed by atoms with E-state index >= 15 is 0 Å². The number of sulfone groups is 1. The molecule has 20 heavy (non-hydrogen) atoms. The lowest BCUT2D eigenvalue weighted by Gasteiger charge is -2.13. The van der Waals surface area contributed by atoms with Gasteiger partial charge in [0, 0.05) is 12.1 Å². The van der Waals surface area contributed by atoms with E-state index < -0.39 is 16.4 Å². The molecular weight excluding hydrogens is 288 g/mol. The number of hydrogen-bond donors (Lipinski definition) is 1. The van der Waals surface area contributed by atoms with Gasteiger partial charge in [-0.2, -0.15) is 8.78 Å². The Bertz CT molecular complexity index is 548. The fraction of sp³-hybridized carbons (Fsp3) is 0.538. The van der Waals surface area contributed by atoms with Crippen LogP contribution in [-0.4, -0.2) is 33.1 Å². The van der Waals surface area contributed by atoms with E-state index in [-0.39, 0.29) is 23.2 Å². The van der Waals surface area contributed by atoms with Crippen LogP contribution in [0.2, 0.25) is 0 Å². The fourth-order valence-electron chi connectivity index (χ4n) is 2.30. The van der Waals surface area contributed by atoms with E-state index in [0.29, 0.717) is 25.1 Å². The van der Waals surface area contributed by atoms with Gasteiger partial charge >= 0.3 is 6.61 Å². The van der Waals surface area contributed by atoms with Gasteiger partial charge in [-0.05, 0) is 24.9 Å². The summed E-state index contributed by atoms with van der Waals surface area (Å²) in [6.45, 7) is -1.92. The Hall–Kier alpha value is -1.21. The van der Waals surface area contributed by atoms with Crippen LogP contribution in [0.5, 0.6) is 5.75 Å². The van der Waals surface area contributed by atoms with Gasteiger partial charge in [-0.1, -0.05) is 18.2 Å². The first-order chi connectivity index (χ1) is 9.46. The molecule has 0 bridgehead atoms. The van der Waals surface area contributed by atoms with Crippen LogP contribution in [0.15, 0.2) is 24.3 Å². The first-order valence-corrected chi connectivity index (χ1v) is 8.22. The van der Waals surface area contributed by atoms with E-state index in [0.717, 1.165) is 0 Å². The summed E-state index contributed by atoms with van der Waals surface area (Å²) in [7, 11) is -2.88. The van der Waals surface area contributed by atoms with Crippen LogP contribution in [0.25, 0.3) is 0 Å². The minimum Gasteiger partial charge on any atom is -0.434 e. The Morgan fingerprint density at radius 2 is 2.10 bits per heavy atom. The molecule has 1 aromatic rings. The van der Waals surface area contributed by atoms with Gasteiger partial charge in [-0.25, -0.2) is 8.42 Å². The van der Waals surface area contributed by atoms with Crippen LogP contribution in [0.4, 0.5) is 8.78 Å². The highest BCUT2D eigenvalue weighted by atomic mass is 32.2. The maximum absolute atomic E-state index is 12.2. The molecule has 0 saturated carbocycles. The van der Waals surface area contributed by atoms with Crippen molar-refractivity contribution < 1.29 is 21.9 Å². The molecule has 0 radical (unpaired) electrons. The van der Waals surface area contributed by atoms with Crippen molar-refractivity contribution in [2.24, 2.45) is 5.92 Å². The summed E-state index contributed by atoms with van der Waals surface area (Å²) in [5.41, 5.74) is 0.633. The van der Waals surface area contributed by atoms with Crippen LogP contribution in [0.3, 0.4) is 0 Å². The van der Waals surface area contributed by atoms with Crippen LogP contribution in [0, 0.1) is 5.92 Å². The quantitative estimate of drug-likeness (QED) is 0.871. The Labute approximate surface area is 117 Å². The highest BCUT2D eigenvalue weighted by Gasteiger charge is 2.27. The third kappa shape index (κ3) is 4.42.